The Morgan fingerprint density at radius 1 is 1.50 bits per heavy atom. The molecule has 0 saturated carbocycles. The Bertz CT molecular complexity index is 102. The fourth-order valence-corrected chi connectivity index (χ4v) is 0.451. The van der Waals surface area contributed by atoms with Gasteiger partial charge in [-0.15, -0.1) is 0 Å². The van der Waals surface area contributed by atoms with Crippen LogP contribution in [0.1, 0.15) is 13.8 Å². The van der Waals surface area contributed by atoms with Gasteiger partial charge >= 0.3 is 0 Å². The van der Waals surface area contributed by atoms with Gasteiger partial charge in [-0.2, -0.15) is 0 Å². The van der Waals surface area contributed by atoms with Gasteiger partial charge in [-0.1, -0.05) is 13.8 Å². The largest absolute Gasteiger partial charge is 0.394 e. The van der Waals surface area contributed by atoms with Crippen molar-refractivity contribution in [2.75, 3.05) is 13.2 Å². The molecule has 0 aliphatic carbocycles. The summed E-state index contributed by atoms with van der Waals surface area (Å²) in [6.07, 6.45) is 1.06. The molecule has 1 atom stereocenters. The topological polar surface area (TPSA) is 52.8 Å². The maximum absolute atomic E-state index is 8.81. The van der Waals surface area contributed by atoms with Crippen LogP contribution in [0.3, 0.4) is 0 Å². The third-order valence-electron chi connectivity index (χ3n) is 0.930. The fourth-order valence-electron chi connectivity index (χ4n) is 0.451. The number of hydrogen-bond acceptors (Lipinski definition) is 3. The van der Waals surface area contributed by atoms with Crippen LogP contribution in [-0.2, 0) is 0 Å². The first-order valence-corrected chi connectivity index (χ1v) is 3.45. The van der Waals surface area contributed by atoms with Crippen molar-refractivity contribution in [3.05, 3.63) is 0 Å². The number of nitrogens with zero attached hydrogens (tertiary/aromatic N) is 1. The summed E-state index contributed by atoms with van der Waals surface area (Å²) in [4.78, 5) is 3.91. The minimum Gasteiger partial charge on any atom is -0.394 e. The van der Waals surface area contributed by atoms with Gasteiger partial charge in [0.05, 0.1) is 19.3 Å². The highest BCUT2D eigenvalue weighted by atomic mass is 16.3. The molecule has 10 heavy (non-hydrogen) atoms. The molecule has 0 aliphatic heterocycles. The average molecular weight is 145 g/mol. The molecule has 0 rings (SSSR count). The third-order valence-corrected chi connectivity index (χ3v) is 0.930. The molecule has 0 saturated heterocycles. The number of hydrogen-bond donors (Lipinski definition) is 2. The van der Waals surface area contributed by atoms with Crippen molar-refractivity contribution >= 4 is 6.21 Å². The zero-order valence-electron chi connectivity index (χ0n) is 6.49. The summed E-state index contributed by atoms with van der Waals surface area (Å²) in [5.41, 5.74) is 0. The van der Waals surface area contributed by atoms with E-state index in [-0.39, 0.29) is 6.61 Å². The van der Waals surface area contributed by atoms with Gasteiger partial charge in [-0.3, -0.25) is 4.99 Å². The van der Waals surface area contributed by atoms with Crippen molar-refractivity contribution in [2.24, 2.45) is 10.9 Å². The van der Waals surface area contributed by atoms with Crippen molar-refractivity contribution in [3.63, 3.8) is 0 Å². The Morgan fingerprint density at radius 3 is 2.50 bits per heavy atom. The molecular weight excluding hydrogens is 130 g/mol. The summed E-state index contributed by atoms with van der Waals surface area (Å²) in [5, 5.41) is 17.2. The second-order valence-corrected chi connectivity index (χ2v) is 2.59. The van der Waals surface area contributed by atoms with Crippen LogP contribution in [0.4, 0.5) is 0 Å². The molecule has 0 aromatic carbocycles. The van der Waals surface area contributed by atoms with E-state index in [0.29, 0.717) is 12.5 Å². The molecule has 2 N–H and O–H groups in total. The molecule has 0 heterocycles. The van der Waals surface area contributed by atoms with Crippen LogP contribution in [0, 0.1) is 5.92 Å². The highest BCUT2D eigenvalue weighted by Gasteiger charge is 1.97. The maximum Gasteiger partial charge on any atom is 0.0965 e. The summed E-state index contributed by atoms with van der Waals surface area (Å²) in [7, 11) is 0. The van der Waals surface area contributed by atoms with E-state index >= 15 is 0 Å². The van der Waals surface area contributed by atoms with Crippen molar-refractivity contribution in [2.45, 2.75) is 20.0 Å². The average Bonchev–Trinajstić information content (AvgIpc) is 1.87. The van der Waals surface area contributed by atoms with Crippen molar-refractivity contribution < 1.29 is 10.2 Å². The maximum atomic E-state index is 8.81. The summed E-state index contributed by atoms with van der Waals surface area (Å²) < 4.78 is 0. The van der Waals surface area contributed by atoms with Gasteiger partial charge in [0.1, 0.15) is 0 Å². The summed E-state index contributed by atoms with van der Waals surface area (Å²) in [6.45, 7) is 4.10. The van der Waals surface area contributed by atoms with Gasteiger partial charge in [0, 0.05) is 6.21 Å². The lowest BCUT2D eigenvalue weighted by molar-refractivity contribution is 0.102. The van der Waals surface area contributed by atoms with Gasteiger partial charge in [0.15, 0.2) is 0 Å². The van der Waals surface area contributed by atoms with Gasteiger partial charge < -0.3 is 10.2 Å². The summed E-state index contributed by atoms with van der Waals surface area (Å²) in [6, 6.07) is 0. The first kappa shape index (κ1) is 9.59. The standard InChI is InChI=1S/C7H15NO2/c1-6(2)3-8-4-7(10)5-9/h3,6-7,9-10H,4-5H2,1-2H3. The molecule has 0 aromatic heterocycles. The smallest absolute Gasteiger partial charge is 0.0965 e. The highest BCUT2D eigenvalue weighted by molar-refractivity contribution is 5.59. The van der Waals surface area contributed by atoms with Crippen molar-refractivity contribution in [1.29, 1.82) is 0 Å². The van der Waals surface area contributed by atoms with Crippen LogP contribution in [-0.4, -0.2) is 35.7 Å². The molecule has 3 nitrogen and oxygen atoms in total. The van der Waals surface area contributed by atoms with E-state index in [4.69, 9.17) is 10.2 Å². The SMILES string of the molecule is CC(C)C=NCC(O)CO. The molecule has 1 unspecified atom stereocenters. The van der Waals surface area contributed by atoms with Crippen LogP contribution in [0.15, 0.2) is 4.99 Å². The number of aliphatic imine (C=N–C) groups is 1. The fraction of sp³-hybridized carbons (Fsp3) is 0.857. The number of rotatable bonds is 4. The molecule has 0 radical (unpaired) electrons. The minimum absolute atomic E-state index is 0.213. The summed E-state index contributed by atoms with van der Waals surface area (Å²) in [5.74, 6) is 0.408. The predicted molar refractivity (Wildman–Crippen MR) is 41.3 cm³/mol. The first-order chi connectivity index (χ1) is 4.66. The van der Waals surface area contributed by atoms with Crippen LogP contribution in [0.5, 0.6) is 0 Å². The van der Waals surface area contributed by atoms with E-state index in [1.807, 2.05) is 13.8 Å². The first-order valence-electron chi connectivity index (χ1n) is 3.45. The normalized spacial score (nSPS) is 14.9. The van der Waals surface area contributed by atoms with E-state index in [1.54, 1.807) is 6.21 Å². The molecule has 0 aliphatic rings. The molecule has 0 bridgehead atoms. The van der Waals surface area contributed by atoms with Gasteiger partial charge in [0.2, 0.25) is 0 Å². The Kier molecular flexibility index (Phi) is 5.16. The molecule has 60 valence electrons. The molecule has 0 amide bonds. The lowest BCUT2D eigenvalue weighted by Gasteiger charge is -2.01. The molecule has 0 aromatic rings. The predicted octanol–water partition coefficient (Wildman–Crippen LogP) is 0.0664. The zero-order valence-corrected chi connectivity index (χ0v) is 6.49. The Hall–Kier alpha value is -0.410. The second kappa shape index (κ2) is 5.38. The Morgan fingerprint density at radius 2 is 2.10 bits per heavy atom. The van der Waals surface area contributed by atoms with Crippen LogP contribution in [0.2, 0.25) is 0 Å². The molecular formula is C7H15NO2. The molecule has 0 spiro atoms. The van der Waals surface area contributed by atoms with E-state index in [0.717, 1.165) is 0 Å². The van der Waals surface area contributed by atoms with Crippen LogP contribution >= 0.6 is 0 Å². The van der Waals surface area contributed by atoms with Crippen LogP contribution < -0.4 is 0 Å². The molecule has 0 fully saturated rings. The lowest BCUT2D eigenvalue weighted by atomic mass is 10.2. The quantitative estimate of drug-likeness (QED) is 0.550. The van der Waals surface area contributed by atoms with E-state index < -0.39 is 6.10 Å². The Balaban J connectivity index is 3.33. The summed E-state index contributed by atoms with van der Waals surface area (Å²) >= 11 is 0. The van der Waals surface area contributed by atoms with Crippen molar-refractivity contribution in [1.82, 2.24) is 0 Å². The zero-order chi connectivity index (χ0) is 7.98. The van der Waals surface area contributed by atoms with Gasteiger partial charge in [-0.05, 0) is 5.92 Å². The lowest BCUT2D eigenvalue weighted by Crippen LogP contribution is -2.15. The number of aliphatic hydroxyl groups excluding tert-OH is 2. The second-order valence-electron chi connectivity index (χ2n) is 2.59. The van der Waals surface area contributed by atoms with E-state index in [1.165, 1.54) is 0 Å². The number of aliphatic hydroxyl groups is 2. The highest BCUT2D eigenvalue weighted by Crippen LogP contribution is 1.87. The minimum atomic E-state index is -0.699. The van der Waals surface area contributed by atoms with E-state index in [9.17, 15) is 0 Å². The monoisotopic (exact) mass is 145 g/mol. The third kappa shape index (κ3) is 5.72. The Labute approximate surface area is 61.4 Å². The van der Waals surface area contributed by atoms with Crippen molar-refractivity contribution in [3.8, 4) is 0 Å². The van der Waals surface area contributed by atoms with E-state index in [2.05, 4.69) is 4.99 Å². The van der Waals surface area contributed by atoms with Crippen LogP contribution in [0.25, 0.3) is 0 Å². The van der Waals surface area contributed by atoms with Gasteiger partial charge in [0.25, 0.3) is 0 Å². The molecule has 3 heteroatoms. The van der Waals surface area contributed by atoms with Gasteiger partial charge in [-0.25, -0.2) is 0 Å².